The minimum absolute atomic E-state index is 0.173. The second-order valence-electron chi connectivity index (χ2n) is 7.09. The third-order valence-electron chi connectivity index (χ3n) is 4.50. The molecule has 4 heteroatoms. The molecule has 0 bridgehead atoms. The monoisotopic (exact) mass is 337 g/mol. The van der Waals surface area contributed by atoms with Crippen molar-refractivity contribution in [1.29, 1.82) is 0 Å². The van der Waals surface area contributed by atoms with Crippen molar-refractivity contribution in [3.63, 3.8) is 0 Å². The molecular formula is C21H27N3O. The molecule has 25 heavy (non-hydrogen) atoms. The fraction of sp³-hybridized carbons (Fsp3) is 0.381. The molecule has 0 amide bonds. The molecule has 1 aliphatic heterocycles. The molecule has 2 heterocycles. The number of benzene rings is 1. The summed E-state index contributed by atoms with van der Waals surface area (Å²) in [5, 5.41) is 7.16. The lowest BCUT2D eigenvalue weighted by atomic mass is 10.1. The second kappa shape index (κ2) is 6.89. The van der Waals surface area contributed by atoms with Crippen molar-refractivity contribution in [2.75, 3.05) is 24.6 Å². The summed E-state index contributed by atoms with van der Waals surface area (Å²) in [5.41, 5.74) is 2.13. The van der Waals surface area contributed by atoms with Crippen molar-refractivity contribution >= 4 is 18.0 Å². The van der Waals surface area contributed by atoms with E-state index in [1.54, 1.807) is 0 Å². The van der Waals surface area contributed by atoms with E-state index in [9.17, 15) is 0 Å². The van der Waals surface area contributed by atoms with Crippen LogP contribution in [0.4, 0.5) is 5.82 Å². The molecule has 0 unspecified atom stereocenters. The summed E-state index contributed by atoms with van der Waals surface area (Å²) >= 11 is 0. The van der Waals surface area contributed by atoms with Gasteiger partial charge in [-0.25, -0.2) is 4.68 Å². The summed E-state index contributed by atoms with van der Waals surface area (Å²) in [4.78, 5) is 2.32. The van der Waals surface area contributed by atoms with E-state index in [0.29, 0.717) is 6.61 Å². The molecule has 1 aromatic heterocycles. The maximum absolute atomic E-state index is 5.86. The van der Waals surface area contributed by atoms with E-state index < -0.39 is 0 Å². The van der Waals surface area contributed by atoms with Crippen molar-refractivity contribution < 1.29 is 4.74 Å². The summed E-state index contributed by atoms with van der Waals surface area (Å²) in [6.07, 6.45) is 5.99. The highest BCUT2D eigenvalue weighted by Gasteiger charge is 2.29. The quantitative estimate of drug-likeness (QED) is 0.862. The fourth-order valence-corrected chi connectivity index (χ4v) is 3.30. The number of morpholine rings is 1. The molecule has 3 rings (SSSR count). The topological polar surface area (TPSA) is 30.3 Å². The van der Waals surface area contributed by atoms with E-state index in [1.165, 1.54) is 5.56 Å². The minimum Gasteiger partial charge on any atom is -0.372 e. The van der Waals surface area contributed by atoms with Crippen LogP contribution in [0.3, 0.4) is 0 Å². The first-order valence-electron chi connectivity index (χ1n) is 8.79. The van der Waals surface area contributed by atoms with Crippen LogP contribution in [0.2, 0.25) is 0 Å². The zero-order valence-corrected chi connectivity index (χ0v) is 15.6. The number of aryl methyl sites for hydroxylation is 1. The van der Waals surface area contributed by atoms with Crippen LogP contribution in [0.1, 0.15) is 26.3 Å². The van der Waals surface area contributed by atoms with Crippen LogP contribution < -0.4 is 15.5 Å². The van der Waals surface area contributed by atoms with Crippen LogP contribution in [-0.4, -0.2) is 35.1 Å². The van der Waals surface area contributed by atoms with E-state index in [-0.39, 0.29) is 5.60 Å². The SMILES string of the molecule is C=C/C=c1/c(N2CCOC(C)(C)C2)nn(-c2ccc(C)cc2)/c1=C/C. The predicted molar refractivity (Wildman–Crippen MR) is 105 cm³/mol. The molecule has 0 radical (unpaired) electrons. The van der Waals surface area contributed by atoms with Crippen LogP contribution in [0.25, 0.3) is 17.8 Å². The second-order valence-corrected chi connectivity index (χ2v) is 7.09. The Balaban J connectivity index is 2.18. The van der Waals surface area contributed by atoms with Crippen molar-refractivity contribution in [1.82, 2.24) is 9.78 Å². The summed E-state index contributed by atoms with van der Waals surface area (Å²) in [6.45, 7) is 14.7. The average Bonchev–Trinajstić information content (AvgIpc) is 2.93. The Hall–Kier alpha value is -2.33. The van der Waals surface area contributed by atoms with Crippen molar-refractivity contribution in [3.05, 3.63) is 53.1 Å². The Morgan fingerprint density at radius 3 is 2.56 bits per heavy atom. The molecule has 0 atom stereocenters. The number of nitrogens with zero attached hydrogens (tertiary/aromatic N) is 3. The molecular weight excluding hydrogens is 310 g/mol. The molecule has 1 aliphatic rings. The highest BCUT2D eigenvalue weighted by atomic mass is 16.5. The van der Waals surface area contributed by atoms with E-state index in [4.69, 9.17) is 9.84 Å². The van der Waals surface area contributed by atoms with Crippen LogP contribution in [0, 0.1) is 6.92 Å². The maximum Gasteiger partial charge on any atom is 0.159 e. The maximum atomic E-state index is 5.86. The Morgan fingerprint density at radius 1 is 1.24 bits per heavy atom. The number of rotatable bonds is 3. The zero-order valence-electron chi connectivity index (χ0n) is 15.6. The Morgan fingerprint density at radius 2 is 1.96 bits per heavy atom. The average molecular weight is 337 g/mol. The third-order valence-corrected chi connectivity index (χ3v) is 4.50. The van der Waals surface area contributed by atoms with Crippen LogP contribution in [0.15, 0.2) is 36.9 Å². The Kier molecular flexibility index (Phi) is 4.82. The molecule has 0 aliphatic carbocycles. The highest BCUT2D eigenvalue weighted by molar-refractivity contribution is 5.52. The van der Waals surface area contributed by atoms with Crippen molar-refractivity contribution in [2.24, 2.45) is 0 Å². The van der Waals surface area contributed by atoms with Gasteiger partial charge in [0.1, 0.15) is 0 Å². The number of allylic oxidation sites excluding steroid dienone is 1. The number of aromatic nitrogens is 2. The smallest absolute Gasteiger partial charge is 0.159 e. The molecule has 4 nitrogen and oxygen atoms in total. The highest BCUT2D eigenvalue weighted by Crippen LogP contribution is 2.19. The summed E-state index contributed by atoms with van der Waals surface area (Å²) in [6, 6.07) is 8.45. The Labute approximate surface area is 149 Å². The van der Waals surface area contributed by atoms with Gasteiger partial charge in [-0.1, -0.05) is 36.4 Å². The van der Waals surface area contributed by atoms with E-state index in [0.717, 1.165) is 35.2 Å². The lowest BCUT2D eigenvalue weighted by Gasteiger charge is -2.38. The van der Waals surface area contributed by atoms with Gasteiger partial charge >= 0.3 is 0 Å². The largest absolute Gasteiger partial charge is 0.372 e. The van der Waals surface area contributed by atoms with Crippen molar-refractivity contribution in [3.8, 4) is 5.69 Å². The molecule has 0 spiro atoms. The molecule has 1 saturated heterocycles. The number of ether oxygens (including phenoxy) is 1. The molecule has 132 valence electrons. The number of hydrogen-bond donors (Lipinski definition) is 0. The molecule has 0 saturated carbocycles. The van der Waals surface area contributed by atoms with Gasteiger partial charge in [0.2, 0.25) is 0 Å². The first kappa shape index (κ1) is 17.5. The molecule has 0 N–H and O–H groups in total. The van der Waals surface area contributed by atoms with Gasteiger partial charge < -0.3 is 9.64 Å². The number of anilines is 1. The van der Waals surface area contributed by atoms with Gasteiger partial charge in [-0.15, -0.1) is 5.10 Å². The summed E-state index contributed by atoms with van der Waals surface area (Å²) in [7, 11) is 0. The first-order chi connectivity index (χ1) is 11.9. The van der Waals surface area contributed by atoms with Gasteiger partial charge in [0.25, 0.3) is 0 Å². The van der Waals surface area contributed by atoms with Gasteiger partial charge in [-0.3, -0.25) is 0 Å². The third kappa shape index (κ3) is 3.54. The molecule has 1 aromatic carbocycles. The van der Waals surface area contributed by atoms with E-state index in [2.05, 4.69) is 69.5 Å². The number of hydrogen-bond acceptors (Lipinski definition) is 3. The first-order valence-corrected chi connectivity index (χ1v) is 8.79. The predicted octanol–water partition coefficient (Wildman–Crippen LogP) is 2.56. The van der Waals surface area contributed by atoms with Gasteiger partial charge in [-0.05, 0) is 45.9 Å². The Bertz CT molecular complexity index is 875. The van der Waals surface area contributed by atoms with Crippen LogP contribution >= 0.6 is 0 Å². The standard InChI is InChI=1S/C21H27N3O/c1-6-8-18-19(7-2)24(17-11-9-16(3)10-12-17)22-20(18)23-13-14-25-21(4,5)15-23/h6-12H,1,13-15H2,2-5H3/b18-8+,19-7+. The van der Waals surface area contributed by atoms with Gasteiger partial charge in [-0.2, -0.15) is 0 Å². The van der Waals surface area contributed by atoms with Gasteiger partial charge in [0.15, 0.2) is 5.82 Å². The summed E-state index contributed by atoms with van der Waals surface area (Å²) in [5.74, 6) is 0.991. The fourth-order valence-electron chi connectivity index (χ4n) is 3.30. The normalized spacial score (nSPS) is 18.6. The van der Waals surface area contributed by atoms with E-state index in [1.807, 2.05) is 16.8 Å². The van der Waals surface area contributed by atoms with E-state index >= 15 is 0 Å². The molecule has 1 fully saturated rings. The van der Waals surface area contributed by atoms with Crippen LogP contribution in [-0.2, 0) is 4.74 Å². The van der Waals surface area contributed by atoms with Crippen molar-refractivity contribution in [2.45, 2.75) is 33.3 Å². The summed E-state index contributed by atoms with van der Waals surface area (Å²) < 4.78 is 7.88. The lowest BCUT2D eigenvalue weighted by molar-refractivity contribution is -0.0279. The van der Waals surface area contributed by atoms with Gasteiger partial charge in [0, 0.05) is 18.3 Å². The van der Waals surface area contributed by atoms with Crippen LogP contribution in [0.5, 0.6) is 0 Å². The lowest BCUT2D eigenvalue weighted by Crippen LogP contribution is -2.50. The minimum atomic E-state index is -0.173. The zero-order chi connectivity index (χ0) is 18.0. The molecule has 2 aromatic rings. The van der Waals surface area contributed by atoms with Gasteiger partial charge in [0.05, 0.1) is 23.2 Å².